The Balaban J connectivity index is 2.58. The standard InChI is InChI=1S/C16H18ClN/c1-10-7-15(16(17)8-11(10)2)14-5-4-13(9-18)6-12(14)3/h4-8H,9,18H2,1-3H3. The van der Waals surface area contributed by atoms with Crippen molar-refractivity contribution in [2.45, 2.75) is 27.3 Å². The number of hydrogen-bond acceptors (Lipinski definition) is 1. The van der Waals surface area contributed by atoms with Crippen LogP contribution in [0.15, 0.2) is 30.3 Å². The van der Waals surface area contributed by atoms with Crippen LogP contribution in [0.25, 0.3) is 11.1 Å². The number of aryl methyl sites for hydroxylation is 3. The molecule has 2 rings (SSSR count). The van der Waals surface area contributed by atoms with Crippen molar-refractivity contribution in [1.29, 1.82) is 0 Å². The third-order valence-electron chi connectivity index (χ3n) is 3.40. The molecule has 0 saturated carbocycles. The maximum absolute atomic E-state index is 6.36. The molecular formula is C16H18ClN. The van der Waals surface area contributed by atoms with E-state index < -0.39 is 0 Å². The van der Waals surface area contributed by atoms with Crippen LogP contribution in [0, 0.1) is 20.8 Å². The van der Waals surface area contributed by atoms with E-state index in [4.69, 9.17) is 17.3 Å². The summed E-state index contributed by atoms with van der Waals surface area (Å²) < 4.78 is 0. The van der Waals surface area contributed by atoms with Crippen LogP contribution in [0.4, 0.5) is 0 Å². The topological polar surface area (TPSA) is 26.0 Å². The second-order valence-corrected chi connectivity index (χ2v) is 5.18. The first-order chi connectivity index (χ1) is 8.52. The van der Waals surface area contributed by atoms with Crippen molar-refractivity contribution in [2.75, 3.05) is 0 Å². The summed E-state index contributed by atoms with van der Waals surface area (Å²) in [4.78, 5) is 0. The van der Waals surface area contributed by atoms with E-state index in [0.717, 1.165) is 16.1 Å². The lowest BCUT2D eigenvalue weighted by molar-refractivity contribution is 1.07. The van der Waals surface area contributed by atoms with E-state index >= 15 is 0 Å². The number of benzene rings is 2. The van der Waals surface area contributed by atoms with Crippen molar-refractivity contribution in [3.8, 4) is 11.1 Å². The highest BCUT2D eigenvalue weighted by Gasteiger charge is 2.08. The van der Waals surface area contributed by atoms with E-state index in [9.17, 15) is 0 Å². The van der Waals surface area contributed by atoms with Gasteiger partial charge in [-0.2, -0.15) is 0 Å². The molecule has 0 heterocycles. The number of nitrogens with two attached hydrogens (primary N) is 1. The van der Waals surface area contributed by atoms with Gasteiger partial charge in [0.25, 0.3) is 0 Å². The van der Waals surface area contributed by atoms with E-state index in [-0.39, 0.29) is 0 Å². The van der Waals surface area contributed by atoms with Crippen LogP contribution >= 0.6 is 11.6 Å². The van der Waals surface area contributed by atoms with Crippen molar-refractivity contribution in [2.24, 2.45) is 5.73 Å². The fourth-order valence-corrected chi connectivity index (χ4v) is 2.46. The molecule has 0 atom stereocenters. The number of hydrogen-bond donors (Lipinski definition) is 1. The fraction of sp³-hybridized carbons (Fsp3) is 0.250. The molecule has 0 bridgehead atoms. The van der Waals surface area contributed by atoms with Gasteiger partial charge in [-0.15, -0.1) is 0 Å². The van der Waals surface area contributed by atoms with Gasteiger partial charge in [-0.3, -0.25) is 0 Å². The molecule has 0 aliphatic heterocycles. The molecule has 0 saturated heterocycles. The molecule has 0 radical (unpaired) electrons. The molecule has 0 fully saturated rings. The largest absolute Gasteiger partial charge is 0.326 e. The molecule has 0 aliphatic rings. The molecule has 0 aromatic heterocycles. The minimum Gasteiger partial charge on any atom is -0.326 e. The summed E-state index contributed by atoms with van der Waals surface area (Å²) in [6.07, 6.45) is 0. The Bertz CT molecular complexity index is 588. The zero-order chi connectivity index (χ0) is 13.3. The van der Waals surface area contributed by atoms with Gasteiger partial charge >= 0.3 is 0 Å². The van der Waals surface area contributed by atoms with Crippen LogP contribution in [0.3, 0.4) is 0 Å². The summed E-state index contributed by atoms with van der Waals surface area (Å²) in [5, 5.41) is 0.807. The molecule has 0 spiro atoms. The molecule has 2 aromatic carbocycles. The Morgan fingerprint density at radius 2 is 1.56 bits per heavy atom. The monoisotopic (exact) mass is 259 g/mol. The third kappa shape index (κ3) is 2.43. The lowest BCUT2D eigenvalue weighted by atomic mass is 9.95. The Hall–Kier alpha value is -1.31. The van der Waals surface area contributed by atoms with Crippen LogP contribution in [0.5, 0.6) is 0 Å². The summed E-state index contributed by atoms with van der Waals surface area (Å²) in [6.45, 7) is 6.86. The molecule has 0 aliphatic carbocycles. The molecule has 2 aromatic rings. The summed E-state index contributed by atoms with van der Waals surface area (Å²) in [5.41, 5.74) is 12.8. The summed E-state index contributed by atoms with van der Waals surface area (Å²) in [6, 6.07) is 10.5. The van der Waals surface area contributed by atoms with Gasteiger partial charge in [0.05, 0.1) is 0 Å². The van der Waals surface area contributed by atoms with E-state index in [1.807, 2.05) is 6.07 Å². The minimum absolute atomic E-state index is 0.571. The zero-order valence-corrected chi connectivity index (χ0v) is 11.8. The Labute approximate surface area is 114 Å². The lowest BCUT2D eigenvalue weighted by Gasteiger charge is -2.12. The van der Waals surface area contributed by atoms with Crippen LogP contribution in [-0.4, -0.2) is 0 Å². The number of rotatable bonds is 2. The first-order valence-electron chi connectivity index (χ1n) is 6.09. The van der Waals surface area contributed by atoms with E-state index in [2.05, 4.69) is 45.0 Å². The van der Waals surface area contributed by atoms with Crippen LogP contribution in [0.1, 0.15) is 22.3 Å². The van der Waals surface area contributed by atoms with Gasteiger partial charge in [0.1, 0.15) is 0 Å². The summed E-state index contributed by atoms with van der Waals surface area (Å²) in [7, 11) is 0. The smallest absolute Gasteiger partial charge is 0.0487 e. The van der Waals surface area contributed by atoms with Crippen molar-refractivity contribution >= 4 is 11.6 Å². The second kappa shape index (κ2) is 5.13. The average molecular weight is 260 g/mol. The summed E-state index contributed by atoms with van der Waals surface area (Å²) in [5.74, 6) is 0. The third-order valence-corrected chi connectivity index (χ3v) is 3.71. The van der Waals surface area contributed by atoms with Crippen molar-refractivity contribution < 1.29 is 0 Å². The quantitative estimate of drug-likeness (QED) is 0.850. The van der Waals surface area contributed by atoms with Crippen LogP contribution in [0.2, 0.25) is 5.02 Å². The molecule has 18 heavy (non-hydrogen) atoms. The Kier molecular flexibility index (Phi) is 3.74. The fourth-order valence-electron chi connectivity index (χ4n) is 2.14. The molecule has 0 unspecified atom stereocenters. The predicted octanol–water partition coefficient (Wildman–Crippen LogP) is 4.39. The molecule has 0 amide bonds. The first kappa shape index (κ1) is 13.1. The molecule has 94 valence electrons. The van der Waals surface area contributed by atoms with Crippen LogP contribution < -0.4 is 5.73 Å². The van der Waals surface area contributed by atoms with Gasteiger partial charge in [0.2, 0.25) is 0 Å². The SMILES string of the molecule is Cc1cc(Cl)c(-c2ccc(CN)cc2C)cc1C. The predicted molar refractivity (Wildman–Crippen MR) is 79.0 cm³/mol. The van der Waals surface area contributed by atoms with Gasteiger partial charge in [0, 0.05) is 17.1 Å². The van der Waals surface area contributed by atoms with Gasteiger partial charge in [-0.1, -0.05) is 29.8 Å². The number of halogens is 1. The van der Waals surface area contributed by atoms with Crippen molar-refractivity contribution in [1.82, 2.24) is 0 Å². The first-order valence-corrected chi connectivity index (χ1v) is 6.47. The van der Waals surface area contributed by atoms with Crippen molar-refractivity contribution in [3.63, 3.8) is 0 Å². The second-order valence-electron chi connectivity index (χ2n) is 4.77. The van der Waals surface area contributed by atoms with E-state index in [0.29, 0.717) is 6.54 Å². The lowest BCUT2D eigenvalue weighted by Crippen LogP contribution is -1.97. The maximum atomic E-state index is 6.36. The van der Waals surface area contributed by atoms with E-state index in [1.54, 1.807) is 0 Å². The highest BCUT2D eigenvalue weighted by Crippen LogP contribution is 2.32. The Morgan fingerprint density at radius 1 is 0.889 bits per heavy atom. The zero-order valence-electron chi connectivity index (χ0n) is 11.0. The van der Waals surface area contributed by atoms with Gasteiger partial charge < -0.3 is 5.73 Å². The minimum atomic E-state index is 0.571. The Morgan fingerprint density at radius 3 is 2.17 bits per heavy atom. The summed E-state index contributed by atoms with van der Waals surface area (Å²) >= 11 is 6.36. The highest BCUT2D eigenvalue weighted by molar-refractivity contribution is 6.33. The van der Waals surface area contributed by atoms with Gasteiger partial charge in [-0.25, -0.2) is 0 Å². The van der Waals surface area contributed by atoms with Gasteiger partial charge in [0.15, 0.2) is 0 Å². The average Bonchev–Trinajstić information content (AvgIpc) is 2.34. The van der Waals surface area contributed by atoms with Gasteiger partial charge in [-0.05, 0) is 60.7 Å². The maximum Gasteiger partial charge on any atom is 0.0487 e. The van der Waals surface area contributed by atoms with Crippen molar-refractivity contribution in [3.05, 3.63) is 57.6 Å². The van der Waals surface area contributed by atoms with Crippen LogP contribution in [-0.2, 0) is 6.54 Å². The highest BCUT2D eigenvalue weighted by atomic mass is 35.5. The molecular weight excluding hydrogens is 242 g/mol. The van der Waals surface area contributed by atoms with E-state index in [1.165, 1.54) is 22.3 Å². The molecule has 1 nitrogen and oxygen atoms in total. The normalized spacial score (nSPS) is 10.7. The molecule has 2 heteroatoms. The molecule has 2 N–H and O–H groups in total.